The molecule has 1 unspecified atom stereocenters. The molecule has 1 fully saturated rings. The number of hydrogen-bond acceptors (Lipinski definition) is 1. The molecule has 0 N–H and O–H groups in total. The van der Waals surface area contributed by atoms with Gasteiger partial charge in [-0.2, -0.15) is 0 Å². The van der Waals surface area contributed by atoms with E-state index in [9.17, 15) is 0 Å². The minimum atomic E-state index is 0.661. The third-order valence-electron chi connectivity index (χ3n) is 2.34. The van der Waals surface area contributed by atoms with Crippen LogP contribution in [0.2, 0.25) is 0 Å². The highest BCUT2D eigenvalue weighted by molar-refractivity contribution is 5.02. The summed E-state index contributed by atoms with van der Waals surface area (Å²) in [6.45, 7) is 7.37. The average Bonchev–Trinajstić information content (AvgIpc) is 1.88. The number of likely N-dealkylation sites (tertiary alicyclic amines) is 1. The normalized spacial score (nSPS) is 28.4. The Morgan fingerprint density at radius 3 is 2.60 bits per heavy atom. The highest BCUT2D eigenvalue weighted by Gasteiger charge is 2.18. The zero-order valence-electron chi connectivity index (χ0n) is 7.06. The third kappa shape index (κ3) is 1.60. The van der Waals surface area contributed by atoms with E-state index in [0.717, 1.165) is 0 Å². The van der Waals surface area contributed by atoms with Crippen LogP contribution < -0.4 is 0 Å². The van der Waals surface area contributed by atoms with Crippen molar-refractivity contribution in [1.82, 2.24) is 4.90 Å². The van der Waals surface area contributed by atoms with E-state index in [4.69, 9.17) is 0 Å². The molecule has 1 atom stereocenters. The van der Waals surface area contributed by atoms with Crippen LogP contribution in [0.15, 0.2) is 12.2 Å². The van der Waals surface area contributed by atoms with Crippen molar-refractivity contribution < 1.29 is 0 Å². The van der Waals surface area contributed by atoms with Crippen LogP contribution in [0.4, 0.5) is 0 Å². The summed E-state index contributed by atoms with van der Waals surface area (Å²) in [5, 5.41) is 0. The van der Waals surface area contributed by atoms with Gasteiger partial charge in [0.1, 0.15) is 0 Å². The highest BCUT2D eigenvalue weighted by Crippen LogP contribution is 2.19. The molecular weight excluding hydrogens is 122 g/mol. The van der Waals surface area contributed by atoms with Crippen molar-refractivity contribution in [2.45, 2.75) is 32.2 Å². The van der Waals surface area contributed by atoms with Crippen molar-refractivity contribution in [3.63, 3.8) is 0 Å². The van der Waals surface area contributed by atoms with Gasteiger partial charge in [-0.3, -0.25) is 4.90 Å². The summed E-state index contributed by atoms with van der Waals surface area (Å²) >= 11 is 0. The van der Waals surface area contributed by atoms with Gasteiger partial charge in [-0.15, -0.1) is 0 Å². The molecular formula is C9H17N. The number of likely N-dealkylation sites (N-methyl/N-ethyl adjacent to an activating group) is 1. The first-order valence-electron chi connectivity index (χ1n) is 4.07. The molecule has 1 saturated heterocycles. The zero-order valence-corrected chi connectivity index (χ0v) is 7.06. The third-order valence-corrected chi connectivity index (χ3v) is 2.34. The Bertz CT molecular complexity index is 129. The molecule has 1 aliphatic heterocycles. The Hall–Kier alpha value is -0.300. The molecule has 0 aromatic heterocycles. The van der Waals surface area contributed by atoms with Gasteiger partial charge in [0.2, 0.25) is 0 Å². The van der Waals surface area contributed by atoms with Gasteiger partial charge < -0.3 is 0 Å². The van der Waals surface area contributed by atoms with Crippen molar-refractivity contribution >= 4 is 0 Å². The highest BCUT2D eigenvalue weighted by atomic mass is 15.1. The molecule has 0 spiro atoms. The second-order valence-electron chi connectivity index (χ2n) is 3.34. The Labute approximate surface area is 63.7 Å². The number of hydrogen-bond donors (Lipinski definition) is 0. The van der Waals surface area contributed by atoms with Crippen LogP contribution >= 0.6 is 0 Å². The van der Waals surface area contributed by atoms with Crippen molar-refractivity contribution in [2.75, 3.05) is 13.6 Å². The molecule has 10 heavy (non-hydrogen) atoms. The van der Waals surface area contributed by atoms with Crippen LogP contribution in [0, 0.1) is 0 Å². The van der Waals surface area contributed by atoms with E-state index in [2.05, 4.69) is 25.5 Å². The molecule has 1 heteroatoms. The molecule has 0 bridgehead atoms. The molecule has 1 heterocycles. The number of nitrogens with zero attached hydrogens (tertiary/aromatic N) is 1. The summed E-state index contributed by atoms with van der Waals surface area (Å²) in [6, 6.07) is 0.661. The molecule has 0 aromatic rings. The minimum Gasteiger partial charge on any atom is -0.300 e. The monoisotopic (exact) mass is 139 g/mol. The van der Waals surface area contributed by atoms with Crippen molar-refractivity contribution in [1.29, 1.82) is 0 Å². The van der Waals surface area contributed by atoms with E-state index in [1.807, 2.05) is 0 Å². The van der Waals surface area contributed by atoms with Gasteiger partial charge in [0, 0.05) is 6.04 Å². The first-order chi connectivity index (χ1) is 4.72. The van der Waals surface area contributed by atoms with Gasteiger partial charge in [-0.1, -0.05) is 18.6 Å². The molecule has 1 rings (SSSR count). The predicted octanol–water partition coefficient (Wildman–Crippen LogP) is 2.05. The van der Waals surface area contributed by atoms with Crippen molar-refractivity contribution in [2.24, 2.45) is 0 Å². The SMILES string of the molecule is C=C(C)C1CCCCN1C. The summed E-state index contributed by atoms with van der Waals surface area (Å²) in [5.41, 5.74) is 1.32. The fourth-order valence-electron chi connectivity index (χ4n) is 1.70. The quantitative estimate of drug-likeness (QED) is 0.502. The minimum absolute atomic E-state index is 0.661. The molecule has 1 aliphatic rings. The molecule has 0 radical (unpaired) electrons. The lowest BCUT2D eigenvalue weighted by molar-refractivity contribution is 0.213. The Morgan fingerprint density at radius 2 is 2.20 bits per heavy atom. The summed E-state index contributed by atoms with van der Waals surface area (Å²) in [5.74, 6) is 0. The second kappa shape index (κ2) is 3.20. The van der Waals surface area contributed by atoms with E-state index in [0.29, 0.717) is 6.04 Å². The average molecular weight is 139 g/mol. The topological polar surface area (TPSA) is 3.24 Å². The standard InChI is InChI=1S/C9H17N/c1-8(2)9-6-4-5-7-10(9)3/h9H,1,4-7H2,2-3H3. The zero-order chi connectivity index (χ0) is 7.56. The lowest BCUT2D eigenvalue weighted by Crippen LogP contribution is -2.36. The number of rotatable bonds is 1. The van der Waals surface area contributed by atoms with Crippen LogP contribution in [0.5, 0.6) is 0 Å². The summed E-state index contributed by atoms with van der Waals surface area (Å²) < 4.78 is 0. The second-order valence-corrected chi connectivity index (χ2v) is 3.34. The lowest BCUT2D eigenvalue weighted by Gasteiger charge is -2.32. The van der Waals surface area contributed by atoms with Gasteiger partial charge in [0.05, 0.1) is 0 Å². The smallest absolute Gasteiger partial charge is 0.0299 e. The lowest BCUT2D eigenvalue weighted by atomic mass is 9.98. The van der Waals surface area contributed by atoms with Crippen LogP contribution in [0.3, 0.4) is 0 Å². The molecule has 0 saturated carbocycles. The van der Waals surface area contributed by atoms with E-state index in [1.165, 1.54) is 31.4 Å². The van der Waals surface area contributed by atoms with Crippen LogP contribution in [0.25, 0.3) is 0 Å². The Kier molecular flexibility index (Phi) is 2.50. The number of piperidine rings is 1. The largest absolute Gasteiger partial charge is 0.300 e. The fourth-order valence-corrected chi connectivity index (χ4v) is 1.70. The molecule has 0 aliphatic carbocycles. The predicted molar refractivity (Wildman–Crippen MR) is 45.1 cm³/mol. The van der Waals surface area contributed by atoms with Crippen LogP contribution in [-0.4, -0.2) is 24.5 Å². The van der Waals surface area contributed by atoms with Gasteiger partial charge in [0.15, 0.2) is 0 Å². The maximum Gasteiger partial charge on any atom is 0.0299 e. The Balaban J connectivity index is 2.47. The molecule has 58 valence electrons. The van der Waals surface area contributed by atoms with Crippen LogP contribution in [0.1, 0.15) is 26.2 Å². The van der Waals surface area contributed by atoms with Gasteiger partial charge >= 0.3 is 0 Å². The molecule has 1 nitrogen and oxygen atoms in total. The van der Waals surface area contributed by atoms with E-state index in [-0.39, 0.29) is 0 Å². The molecule has 0 aromatic carbocycles. The van der Waals surface area contributed by atoms with Crippen molar-refractivity contribution in [3.05, 3.63) is 12.2 Å². The van der Waals surface area contributed by atoms with Gasteiger partial charge in [-0.25, -0.2) is 0 Å². The van der Waals surface area contributed by atoms with Gasteiger partial charge in [-0.05, 0) is 33.4 Å². The summed E-state index contributed by atoms with van der Waals surface area (Å²) in [4.78, 5) is 2.41. The van der Waals surface area contributed by atoms with E-state index < -0.39 is 0 Å². The maximum atomic E-state index is 3.99. The first kappa shape index (κ1) is 7.80. The van der Waals surface area contributed by atoms with Crippen LogP contribution in [-0.2, 0) is 0 Å². The fraction of sp³-hybridized carbons (Fsp3) is 0.778. The first-order valence-corrected chi connectivity index (χ1v) is 4.07. The summed E-state index contributed by atoms with van der Waals surface area (Å²) in [6.07, 6.45) is 4.05. The van der Waals surface area contributed by atoms with E-state index >= 15 is 0 Å². The van der Waals surface area contributed by atoms with Gasteiger partial charge in [0.25, 0.3) is 0 Å². The maximum absolute atomic E-state index is 3.99. The van der Waals surface area contributed by atoms with E-state index in [1.54, 1.807) is 0 Å². The van der Waals surface area contributed by atoms with Crippen molar-refractivity contribution in [3.8, 4) is 0 Å². The molecule has 0 amide bonds. The Morgan fingerprint density at radius 1 is 1.50 bits per heavy atom. The summed E-state index contributed by atoms with van der Waals surface area (Å²) in [7, 11) is 2.19.